The van der Waals surface area contributed by atoms with Crippen LogP contribution < -0.4 is 0 Å². The van der Waals surface area contributed by atoms with E-state index >= 15 is 0 Å². The topological polar surface area (TPSA) is 113 Å². The van der Waals surface area contributed by atoms with Crippen LogP contribution in [0.15, 0.2) is 35.0 Å². The highest BCUT2D eigenvalue weighted by Gasteiger charge is 2.85. The molecule has 1 saturated carbocycles. The van der Waals surface area contributed by atoms with Gasteiger partial charge in [-0.1, -0.05) is 27.4 Å². The number of nitrogens with zero attached hydrogens (tertiary/aromatic N) is 1. The average Bonchev–Trinajstić information content (AvgIpc) is 3.16. The molecule has 4 heterocycles. The van der Waals surface area contributed by atoms with Gasteiger partial charge in [0.1, 0.15) is 30.0 Å². The minimum Gasteiger partial charge on any atom is -0.469 e. The van der Waals surface area contributed by atoms with Crippen molar-refractivity contribution in [2.75, 3.05) is 7.11 Å². The van der Waals surface area contributed by atoms with Crippen LogP contribution in [0.25, 0.3) is 0 Å². The van der Waals surface area contributed by atoms with Crippen molar-refractivity contribution in [2.45, 2.75) is 80.7 Å². The second-order valence-corrected chi connectivity index (χ2v) is 14.6. The molecular formula is C20H29NO8Si. The van der Waals surface area contributed by atoms with Gasteiger partial charge >= 0.3 is 5.97 Å². The third-order valence-electron chi connectivity index (χ3n) is 7.30. The molecule has 1 aromatic rings. The fourth-order valence-electron chi connectivity index (χ4n) is 4.65. The summed E-state index contributed by atoms with van der Waals surface area (Å²) < 4.78 is 29.5. The highest BCUT2D eigenvalue weighted by atomic mass is 28.4. The zero-order valence-electron chi connectivity index (χ0n) is 18.1. The van der Waals surface area contributed by atoms with Crippen LogP contribution in [0.1, 0.15) is 32.4 Å². The van der Waals surface area contributed by atoms with Gasteiger partial charge in [-0.2, -0.15) is 0 Å². The number of methoxy groups -OCH3 is 1. The van der Waals surface area contributed by atoms with Crippen LogP contribution in [0, 0.1) is 10.1 Å². The highest BCUT2D eigenvalue weighted by molar-refractivity contribution is 6.74. The molecule has 166 valence electrons. The quantitative estimate of drug-likeness (QED) is 0.322. The summed E-state index contributed by atoms with van der Waals surface area (Å²) in [5.41, 5.74) is -1.49. The molecule has 0 spiro atoms. The molecule has 0 aromatic carbocycles. The lowest BCUT2D eigenvalue weighted by Gasteiger charge is -2.64. The lowest BCUT2D eigenvalue weighted by molar-refractivity contribution is -0.660. The number of nitro groups is 1. The molecular weight excluding hydrogens is 410 g/mol. The van der Waals surface area contributed by atoms with Crippen LogP contribution in [0.5, 0.6) is 0 Å². The Morgan fingerprint density at radius 1 is 1.30 bits per heavy atom. The number of hydrogen-bond donors (Lipinski definition) is 1. The standard InChI is InChI=1S/C20H29NO8Si/c1-11-14-13(12-9-8-10-26-12)19(21(23)24)16(29-30(6,7)18(2,3)4)15(11)28-20(25-5,27-14)17(19)22/h8-10,13-17,22H,1H2,2-7H3/t13-,14-,15+,16+,17-,19+,20-/m0/s1. The zero-order valence-corrected chi connectivity index (χ0v) is 19.1. The minimum atomic E-state index is -2.52. The van der Waals surface area contributed by atoms with Crippen LogP contribution in [-0.2, 0) is 18.6 Å². The van der Waals surface area contributed by atoms with Crippen molar-refractivity contribution >= 4 is 8.32 Å². The number of hydrogen-bond acceptors (Lipinski definition) is 8. The van der Waals surface area contributed by atoms with Crippen LogP contribution in [-0.4, -0.2) is 61.4 Å². The lowest BCUT2D eigenvalue weighted by Crippen LogP contribution is -2.86. The van der Waals surface area contributed by atoms with E-state index in [0.717, 1.165) is 0 Å². The SMILES string of the molecule is C=C1[C@H]2O[C@@]3(OC)O[C@@H]1[C@H](c1ccco1)[C@@]([N+](=O)[O-])([C@@H]2O[Si](C)(C)C(C)(C)C)[C@@H]3O. The Morgan fingerprint density at radius 3 is 2.43 bits per heavy atom. The minimum absolute atomic E-state index is 0.221. The molecule has 1 aliphatic carbocycles. The molecule has 5 rings (SSSR count). The van der Waals surface area contributed by atoms with E-state index in [1.807, 2.05) is 33.9 Å². The summed E-state index contributed by atoms with van der Waals surface area (Å²) in [7, 11) is -1.23. The first-order valence-corrected chi connectivity index (χ1v) is 12.9. The van der Waals surface area contributed by atoms with E-state index in [4.69, 9.17) is 23.1 Å². The first-order chi connectivity index (χ1) is 13.8. The Labute approximate surface area is 176 Å². The van der Waals surface area contributed by atoms with Crippen molar-refractivity contribution in [3.8, 4) is 0 Å². The highest BCUT2D eigenvalue weighted by Crippen LogP contribution is 2.62. The first kappa shape index (κ1) is 21.7. The molecule has 4 fully saturated rings. The smallest absolute Gasteiger partial charge is 0.319 e. The van der Waals surface area contributed by atoms with Gasteiger partial charge in [0.2, 0.25) is 6.10 Å². The summed E-state index contributed by atoms with van der Waals surface area (Å²) in [6, 6.07) is 3.29. The van der Waals surface area contributed by atoms with Gasteiger partial charge in [0.25, 0.3) is 5.54 Å². The first-order valence-electron chi connectivity index (χ1n) is 9.96. The van der Waals surface area contributed by atoms with Crippen molar-refractivity contribution in [3.05, 3.63) is 46.4 Å². The summed E-state index contributed by atoms with van der Waals surface area (Å²) in [4.78, 5) is 12.4. The normalized spacial score (nSPS) is 40.8. The lowest BCUT2D eigenvalue weighted by atomic mass is 9.59. The van der Waals surface area contributed by atoms with E-state index in [0.29, 0.717) is 11.3 Å². The molecule has 0 unspecified atom stereocenters. The maximum absolute atomic E-state index is 12.8. The monoisotopic (exact) mass is 439 g/mol. The summed E-state index contributed by atoms with van der Waals surface area (Å²) in [5.74, 6) is -2.60. The fraction of sp³-hybridized carbons (Fsp3) is 0.700. The van der Waals surface area contributed by atoms with Gasteiger partial charge in [-0.3, -0.25) is 10.1 Å². The van der Waals surface area contributed by atoms with Crippen molar-refractivity contribution in [1.29, 1.82) is 0 Å². The van der Waals surface area contributed by atoms with E-state index in [1.54, 1.807) is 12.1 Å². The zero-order chi connectivity index (χ0) is 22.3. The predicted octanol–water partition coefficient (Wildman–Crippen LogP) is 2.80. The van der Waals surface area contributed by atoms with E-state index in [1.165, 1.54) is 13.4 Å². The summed E-state index contributed by atoms with van der Waals surface area (Å²) in [5, 5.41) is 24.0. The average molecular weight is 440 g/mol. The van der Waals surface area contributed by atoms with E-state index < -0.39 is 55.1 Å². The van der Waals surface area contributed by atoms with Crippen molar-refractivity contribution in [2.24, 2.45) is 0 Å². The molecule has 10 heteroatoms. The van der Waals surface area contributed by atoms with Gasteiger partial charge in [0, 0.05) is 12.0 Å². The Kier molecular flexibility index (Phi) is 4.67. The maximum Gasteiger partial charge on any atom is 0.319 e. The molecule has 1 N–H and O–H groups in total. The van der Waals surface area contributed by atoms with Crippen LogP contribution >= 0.6 is 0 Å². The van der Waals surface area contributed by atoms with Gasteiger partial charge < -0.3 is 28.2 Å². The molecule has 1 aromatic heterocycles. The van der Waals surface area contributed by atoms with E-state index in [2.05, 4.69) is 6.58 Å². The molecule has 0 radical (unpaired) electrons. The molecule has 30 heavy (non-hydrogen) atoms. The van der Waals surface area contributed by atoms with Gasteiger partial charge in [0.05, 0.1) is 6.26 Å². The number of aliphatic hydroxyl groups is 1. The van der Waals surface area contributed by atoms with E-state index in [9.17, 15) is 15.2 Å². The Hall–Kier alpha value is -1.56. The molecule has 4 bridgehead atoms. The Balaban J connectivity index is 1.95. The number of rotatable bonds is 5. The summed E-state index contributed by atoms with van der Waals surface area (Å²) >= 11 is 0. The molecule has 4 aliphatic rings. The van der Waals surface area contributed by atoms with Gasteiger partial charge in [-0.15, -0.1) is 0 Å². The summed E-state index contributed by atoms with van der Waals surface area (Å²) in [6.45, 7) is 14.3. The van der Waals surface area contributed by atoms with Crippen molar-refractivity contribution in [3.63, 3.8) is 0 Å². The largest absolute Gasteiger partial charge is 0.469 e. The Bertz CT molecular complexity index is 865. The molecule has 3 aliphatic heterocycles. The molecule has 3 saturated heterocycles. The second kappa shape index (κ2) is 6.47. The van der Waals surface area contributed by atoms with Gasteiger partial charge in [-0.25, -0.2) is 0 Å². The third kappa shape index (κ3) is 2.52. The van der Waals surface area contributed by atoms with Crippen molar-refractivity contribution < 1.29 is 33.1 Å². The van der Waals surface area contributed by atoms with E-state index in [-0.39, 0.29) is 5.04 Å². The maximum atomic E-state index is 12.8. The van der Waals surface area contributed by atoms with Gasteiger partial charge in [-0.05, 0) is 35.8 Å². The Morgan fingerprint density at radius 2 is 1.93 bits per heavy atom. The van der Waals surface area contributed by atoms with Crippen LogP contribution in [0.3, 0.4) is 0 Å². The number of ether oxygens (including phenoxy) is 3. The third-order valence-corrected chi connectivity index (χ3v) is 11.8. The van der Waals surface area contributed by atoms with Crippen molar-refractivity contribution in [1.82, 2.24) is 0 Å². The number of aliphatic hydroxyl groups excluding tert-OH is 1. The van der Waals surface area contributed by atoms with Crippen LogP contribution in [0.2, 0.25) is 18.1 Å². The fourth-order valence-corrected chi connectivity index (χ4v) is 5.95. The molecule has 7 atom stereocenters. The predicted molar refractivity (Wildman–Crippen MR) is 108 cm³/mol. The van der Waals surface area contributed by atoms with Gasteiger partial charge in [0.15, 0.2) is 8.32 Å². The molecule has 9 nitrogen and oxygen atoms in total. The second-order valence-electron chi connectivity index (χ2n) is 9.80. The molecule has 0 amide bonds. The number of furan rings is 1. The summed E-state index contributed by atoms with van der Waals surface area (Å²) in [6.07, 6.45) is -3.10. The van der Waals surface area contributed by atoms with Crippen LogP contribution in [0.4, 0.5) is 0 Å².